The summed E-state index contributed by atoms with van der Waals surface area (Å²) < 4.78 is 4.82. The number of hydrogen-bond donors (Lipinski definition) is 0. The van der Waals surface area contributed by atoms with Gasteiger partial charge >= 0.3 is 5.30 Å². The molecule has 0 heterocycles. The molecule has 0 saturated carbocycles. The lowest BCUT2D eigenvalue weighted by Crippen LogP contribution is -1.96. The standard InChI is InChI=1S/C10H12O2S/c1-3-12-10(11)13-9-7-5-4-6-8(9)2/h4-7H,3H2,1-2H3. The summed E-state index contributed by atoms with van der Waals surface area (Å²) in [5.74, 6) is 0. The Morgan fingerprint density at radius 3 is 2.77 bits per heavy atom. The van der Waals surface area contributed by atoms with Crippen LogP contribution in [0.5, 0.6) is 0 Å². The van der Waals surface area contributed by atoms with E-state index in [1.54, 1.807) is 6.92 Å². The molecule has 0 radical (unpaired) electrons. The Kier molecular flexibility index (Phi) is 3.83. The second-order valence-corrected chi connectivity index (χ2v) is 3.53. The van der Waals surface area contributed by atoms with Crippen molar-refractivity contribution in [3.05, 3.63) is 29.8 Å². The van der Waals surface area contributed by atoms with Gasteiger partial charge in [0.15, 0.2) is 0 Å². The molecule has 0 fully saturated rings. The fourth-order valence-electron chi connectivity index (χ4n) is 0.908. The second-order valence-electron chi connectivity index (χ2n) is 2.55. The predicted molar refractivity (Wildman–Crippen MR) is 54.1 cm³/mol. The number of rotatable bonds is 2. The van der Waals surface area contributed by atoms with Gasteiger partial charge in [-0.3, -0.25) is 0 Å². The minimum absolute atomic E-state index is 0.239. The van der Waals surface area contributed by atoms with Crippen LogP contribution >= 0.6 is 11.8 Å². The van der Waals surface area contributed by atoms with E-state index >= 15 is 0 Å². The Hall–Kier alpha value is -0.960. The van der Waals surface area contributed by atoms with Crippen LogP contribution in [0, 0.1) is 6.92 Å². The molecular weight excluding hydrogens is 184 g/mol. The van der Waals surface area contributed by atoms with Crippen molar-refractivity contribution in [1.82, 2.24) is 0 Å². The molecule has 0 aliphatic carbocycles. The summed E-state index contributed by atoms with van der Waals surface area (Å²) >= 11 is 1.13. The molecule has 0 unspecified atom stereocenters. The van der Waals surface area contributed by atoms with E-state index in [0.717, 1.165) is 22.2 Å². The summed E-state index contributed by atoms with van der Waals surface area (Å²) in [4.78, 5) is 12.1. The maximum atomic E-state index is 11.1. The van der Waals surface area contributed by atoms with Crippen molar-refractivity contribution in [3.63, 3.8) is 0 Å². The minimum Gasteiger partial charge on any atom is -0.458 e. The van der Waals surface area contributed by atoms with Crippen LogP contribution in [0.1, 0.15) is 12.5 Å². The molecule has 70 valence electrons. The fraction of sp³-hybridized carbons (Fsp3) is 0.300. The van der Waals surface area contributed by atoms with Crippen LogP contribution in [-0.2, 0) is 4.74 Å². The Morgan fingerprint density at radius 2 is 2.15 bits per heavy atom. The molecule has 0 atom stereocenters. The molecule has 1 rings (SSSR count). The van der Waals surface area contributed by atoms with E-state index < -0.39 is 0 Å². The van der Waals surface area contributed by atoms with Crippen molar-refractivity contribution in [2.75, 3.05) is 6.61 Å². The maximum absolute atomic E-state index is 11.1. The first-order valence-electron chi connectivity index (χ1n) is 4.14. The molecule has 0 bridgehead atoms. The highest BCUT2D eigenvalue weighted by molar-refractivity contribution is 8.13. The average molecular weight is 196 g/mol. The zero-order valence-electron chi connectivity index (χ0n) is 7.74. The summed E-state index contributed by atoms with van der Waals surface area (Å²) in [6, 6.07) is 7.75. The van der Waals surface area contributed by atoms with E-state index in [-0.39, 0.29) is 5.30 Å². The first kappa shape index (κ1) is 10.1. The van der Waals surface area contributed by atoms with Crippen molar-refractivity contribution in [2.45, 2.75) is 18.7 Å². The Bertz CT molecular complexity index is 297. The van der Waals surface area contributed by atoms with Crippen molar-refractivity contribution < 1.29 is 9.53 Å². The van der Waals surface area contributed by atoms with Gasteiger partial charge in [0.05, 0.1) is 6.61 Å². The third kappa shape index (κ3) is 3.11. The third-order valence-corrected chi connectivity index (χ3v) is 2.51. The predicted octanol–water partition coefficient (Wildman–Crippen LogP) is 3.24. The molecular formula is C10H12O2S. The molecule has 0 aliphatic heterocycles. The SMILES string of the molecule is CCOC(=O)Sc1ccccc1C. The summed E-state index contributed by atoms with van der Waals surface area (Å²) in [5.41, 5.74) is 1.10. The van der Waals surface area contributed by atoms with E-state index in [1.165, 1.54) is 0 Å². The Labute approximate surface area is 82.3 Å². The van der Waals surface area contributed by atoms with Gasteiger partial charge in [-0.05, 0) is 37.2 Å². The zero-order valence-corrected chi connectivity index (χ0v) is 8.56. The Morgan fingerprint density at radius 1 is 1.46 bits per heavy atom. The van der Waals surface area contributed by atoms with E-state index in [1.807, 2.05) is 31.2 Å². The number of hydrogen-bond acceptors (Lipinski definition) is 3. The van der Waals surface area contributed by atoms with E-state index in [9.17, 15) is 4.79 Å². The minimum atomic E-state index is -0.239. The van der Waals surface area contributed by atoms with Gasteiger partial charge in [-0.2, -0.15) is 0 Å². The molecule has 1 aromatic rings. The maximum Gasteiger partial charge on any atom is 0.372 e. The van der Waals surface area contributed by atoms with Crippen molar-refractivity contribution in [1.29, 1.82) is 0 Å². The van der Waals surface area contributed by atoms with E-state index in [2.05, 4.69) is 0 Å². The van der Waals surface area contributed by atoms with Gasteiger partial charge in [0.1, 0.15) is 0 Å². The van der Waals surface area contributed by atoms with E-state index in [0.29, 0.717) is 6.61 Å². The van der Waals surface area contributed by atoms with Crippen LogP contribution in [-0.4, -0.2) is 11.9 Å². The Balaban J connectivity index is 2.63. The molecule has 0 saturated heterocycles. The van der Waals surface area contributed by atoms with Crippen molar-refractivity contribution in [2.24, 2.45) is 0 Å². The quantitative estimate of drug-likeness (QED) is 0.536. The second kappa shape index (κ2) is 4.92. The van der Waals surface area contributed by atoms with Crippen LogP contribution in [0.2, 0.25) is 0 Å². The molecule has 3 heteroatoms. The number of carbonyl (C=O) groups is 1. The number of ether oxygens (including phenoxy) is 1. The first-order chi connectivity index (χ1) is 6.24. The fourth-order valence-corrected chi connectivity index (χ4v) is 1.64. The summed E-state index contributed by atoms with van der Waals surface area (Å²) in [7, 11) is 0. The number of benzene rings is 1. The third-order valence-electron chi connectivity index (χ3n) is 1.55. The van der Waals surface area contributed by atoms with Gasteiger partial charge in [-0.25, -0.2) is 4.79 Å². The van der Waals surface area contributed by atoms with Gasteiger partial charge in [0, 0.05) is 4.90 Å². The zero-order chi connectivity index (χ0) is 9.68. The number of thioether (sulfide) groups is 1. The van der Waals surface area contributed by atoms with Gasteiger partial charge in [0.2, 0.25) is 0 Å². The number of aryl methyl sites for hydroxylation is 1. The largest absolute Gasteiger partial charge is 0.458 e. The average Bonchev–Trinajstić information content (AvgIpc) is 2.09. The molecule has 0 amide bonds. The molecule has 1 aromatic carbocycles. The summed E-state index contributed by atoms with van der Waals surface area (Å²) in [5, 5.41) is -0.239. The van der Waals surface area contributed by atoms with Gasteiger partial charge in [-0.1, -0.05) is 18.2 Å². The molecule has 0 spiro atoms. The molecule has 13 heavy (non-hydrogen) atoms. The molecule has 0 aliphatic rings. The van der Waals surface area contributed by atoms with Crippen molar-refractivity contribution in [3.8, 4) is 0 Å². The highest BCUT2D eigenvalue weighted by Gasteiger charge is 2.05. The first-order valence-corrected chi connectivity index (χ1v) is 4.96. The van der Waals surface area contributed by atoms with Crippen LogP contribution in [0.4, 0.5) is 4.79 Å². The molecule has 0 N–H and O–H groups in total. The van der Waals surface area contributed by atoms with Crippen LogP contribution in [0.25, 0.3) is 0 Å². The monoisotopic (exact) mass is 196 g/mol. The van der Waals surface area contributed by atoms with Gasteiger partial charge in [0.25, 0.3) is 0 Å². The lowest BCUT2D eigenvalue weighted by Gasteiger charge is -2.03. The topological polar surface area (TPSA) is 26.3 Å². The van der Waals surface area contributed by atoms with Crippen LogP contribution < -0.4 is 0 Å². The highest BCUT2D eigenvalue weighted by atomic mass is 32.2. The van der Waals surface area contributed by atoms with Crippen LogP contribution in [0.3, 0.4) is 0 Å². The summed E-state index contributed by atoms with van der Waals surface area (Å²) in [6.07, 6.45) is 0. The lowest BCUT2D eigenvalue weighted by molar-refractivity contribution is 0.181. The highest BCUT2D eigenvalue weighted by Crippen LogP contribution is 2.23. The smallest absolute Gasteiger partial charge is 0.372 e. The summed E-state index contributed by atoms with van der Waals surface area (Å²) in [6.45, 7) is 4.20. The van der Waals surface area contributed by atoms with Crippen LogP contribution in [0.15, 0.2) is 29.2 Å². The van der Waals surface area contributed by atoms with Gasteiger partial charge in [-0.15, -0.1) is 0 Å². The normalized spacial score (nSPS) is 9.69. The lowest BCUT2D eigenvalue weighted by atomic mass is 10.2. The molecule has 2 nitrogen and oxygen atoms in total. The van der Waals surface area contributed by atoms with Gasteiger partial charge < -0.3 is 4.74 Å². The molecule has 0 aromatic heterocycles. The van der Waals surface area contributed by atoms with Crippen molar-refractivity contribution >= 4 is 17.1 Å². The van der Waals surface area contributed by atoms with E-state index in [4.69, 9.17) is 4.74 Å². The number of carbonyl (C=O) groups excluding carboxylic acids is 1.